The zero-order valence-electron chi connectivity index (χ0n) is 15.2. The van der Waals surface area contributed by atoms with E-state index in [1.165, 1.54) is 6.42 Å². The van der Waals surface area contributed by atoms with Gasteiger partial charge in [-0.15, -0.1) is 0 Å². The first-order chi connectivity index (χ1) is 12.5. The highest BCUT2D eigenvalue weighted by atomic mass is 35.5. The second-order valence-corrected chi connectivity index (χ2v) is 8.03. The number of piperidine rings is 1. The van der Waals surface area contributed by atoms with E-state index in [0.29, 0.717) is 23.5 Å². The Morgan fingerprint density at radius 1 is 1.15 bits per heavy atom. The first-order valence-corrected chi connectivity index (χ1v) is 9.78. The number of hydrogen-bond donors (Lipinski definition) is 2. The Bertz CT molecular complexity index is 722. The molecule has 0 spiro atoms. The maximum absolute atomic E-state index is 5.90. The molecule has 1 aromatic carbocycles. The summed E-state index contributed by atoms with van der Waals surface area (Å²) >= 11 is 11.3. The first-order valence-electron chi connectivity index (χ1n) is 9.00. The molecule has 0 saturated carbocycles. The fourth-order valence-corrected chi connectivity index (χ4v) is 3.77. The van der Waals surface area contributed by atoms with Crippen molar-refractivity contribution in [3.63, 3.8) is 0 Å². The largest absolute Gasteiger partial charge is 0.358 e. The molecule has 6 heteroatoms. The average Bonchev–Trinajstić information content (AvgIpc) is 2.61. The van der Waals surface area contributed by atoms with Crippen molar-refractivity contribution in [1.29, 1.82) is 0 Å². The van der Waals surface area contributed by atoms with E-state index in [1.807, 2.05) is 36.5 Å². The van der Waals surface area contributed by atoms with Gasteiger partial charge >= 0.3 is 0 Å². The molecule has 4 nitrogen and oxygen atoms in total. The molecule has 0 aliphatic carbocycles. The summed E-state index contributed by atoms with van der Waals surface area (Å²) in [5, 5.41) is 7.69. The van der Waals surface area contributed by atoms with Crippen LogP contribution in [0.4, 0.5) is 11.5 Å². The number of halogens is 1. The molecule has 2 aromatic rings. The zero-order chi connectivity index (χ0) is 18.5. The van der Waals surface area contributed by atoms with Crippen LogP contribution in [0.3, 0.4) is 0 Å². The van der Waals surface area contributed by atoms with Gasteiger partial charge < -0.3 is 15.5 Å². The molecule has 2 atom stereocenters. The van der Waals surface area contributed by atoms with Gasteiger partial charge in [-0.3, -0.25) is 0 Å². The maximum Gasteiger partial charge on any atom is 0.171 e. The number of rotatable bonds is 4. The highest BCUT2D eigenvalue weighted by molar-refractivity contribution is 7.80. The van der Waals surface area contributed by atoms with Gasteiger partial charge in [-0.05, 0) is 60.3 Å². The van der Waals surface area contributed by atoms with Crippen LogP contribution < -0.4 is 15.5 Å². The van der Waals surface area contributed by atoms with E-state index in [0.717, 1.165) is 35.2 Å². The molecular weight excluding hydrogens is 364 g/mol. The van der Waals surface area contributed by atoms with Crippen molar-refractivity contribution in [3.05, 3.63) is 53.2 Å². The number of aromatic nitrogens is 1. The molecule has 1 aliphatic rings. The monoisotopic (exact) mass is 388 g/mol. The normalized spacial score (nSPS) is 19.9. The molecule has 3 rings (SSSR count). The van der Waals surface area contributed by atoms with E-state index in [1.54, 1.807) is 0 Å². The van der Waals surface area contributed by atoms with Crippen molar-refractivity contribution in [1.82, 2.24) is 10.3 Å². The molecule has 2 N–H and O–H groups in total. The van der Waals surface area contributed by atoms with Gasteiger partial charge in [0.2, 0.25) is 0 Å². The van der Waals surface area contributed by atoms with E-state index < -0.39 is 0 Å². The highest BCUT2D eigenvalue weighted by Gasteiger charge is 2.22. The van der Waals surface area contributed by atoms with E-state index in [-0.39, 0.29) is 0 Å². The molecule has 26 heavy (non-hydrogen) atoms. The molecular formula is C20H25ClN4S. The Balaban J connectivity index is 1.52. The van der Waals surface area contributed by atoms with Crippen LogP contribution in [0.1, 0.15) is 25.8 Å². The molecule has 0 unspecified atom stereocenters. The summed E-state index contributed by atoms with van der Waals surface area (Å²) < 4.78 is 0. The lowest BCUT2D eigenvalue weighted by Gasteiger charge is -2.35. The van der Waals surface area contributed by atoms with E-state index in [4.69, 9.17) is 23.8 Å². The number of nitrogens with zero attached hydrogens (tertiary/aromatic N) is 2. The lowest BCUT2D eigenvalue weighted by atomic mass is 9.92. The number of nitrogens with one attached hydrogen (secondary N) is 2. The number of benzene rings is 1. The summed E-state index contributed by atoms with van der Waals surface area (Å²) in [5.41, 5.74) is 2.01. The third-order valence-electron chi connectivity index (χ3n) is 4.56. The fraction of sp³-hybridized carbons (Fsp3) is 0.400. The van der Waals surface area contributed by atoms with Gasteiger partial charge in [0.25, 0.3) is 0 Å². The van der Waals surface area contributed by atoms with Gasteiger partial charge in [0.15, 0.2) is 5.11 Å². The van der Waals surface area contributed by atoms with E-state index in [2.05, 4.69) is 40.4 Å². The molecule has 0 amide bonds. The van der Waals surface area contributed by atoms with Crippen LogP contribution in [0.25, 0.3) is 0 Å². The molecule has 1 aliphatic heterocycles. The summed E-state index contributed by atoms with van der Waals surface area (Å²) in [4.78, 5) is 6.99. The van der Waals surface area contributed by atoms with Gasteiger partial charge in [0.1, 0.15) is 5.82 Å². The lowest BCUT2D eigenvalue weighted by molar-refractivity contribution is 0.355. The van der Waals surface area contributed by atoms with Crippen LogP contribution in [-0.2, 0) is 6.54 Å². The van der Waals surface area contributed by atoms with Gasteiger partial charge in [0.05, 0.1) is 11.9 Å². The number of anilines is 2. The molecule has 0 bridgehead atoms. The third-order valence-corrected chi connectivity index (χ3v) is 5.06. The van der Waals surface area contributed by atoms with Crippen LogP contribution >= 0.6 is 23.8 Å². The summed E-state index contributed by atoms with van der Waals surface area (Å²) in [7, 11) is 0. The van der Waals surface area contributed by atoms with Crippen molar-refractivity contribution in [2.24, 2.45) is 11.8 Å². The summed E-state index contributed by atoms with van der Waals surface area (Å²) in [5.74, 6) is 2.46. The van der Waals surface area contributed by atoms with Crippen LogP contribution in [0.15, 0.2) is 42.6 Å². The number of thiocarbonyl (C=S) groups is 1. The second-order valence-electron chi connectivity index (χ2n) is 7.19. The van der Waals surface area contributed by atoms with Crippen LogP contribution in [-0.4, -0.2) is 23.2 Å². The Labute approximate surface area is 166 Å². The third kappa shape index (κ3) is 5.32. The molecule has 2 heterocycles. The van der Waals surface area contributed by atoms with Gasteiger partial charge in [0, 0.05) is 24.7 Å². The molecule has 0 radical (unpaired) electrons. The Morgan fingerprint density at radius 3 is 2.46 bits per heavy atom. The number of pyridine rings is 1. The Hall–Kier alpha value is -1.85. The van der Waals surface area contributed by atoms with Crippen molar-refractivity contribution in [2.75, 3.05) is 23.3 Å². The van der Waals surface area contributed by atoms with Crippen molar-refractivity contribution >= 4 is 40.4 Å². The maximum atomic E-state index is 5.90. The lowest BCUT2D eigenvalue weighted by Crippen LogP contribution is -2.39. The second kappa shape index (κ2) is 8.69. The van der Waals surface area contributed by atoms with Crippen molar-refractivity contribution < 1.29 is 0 Å². The minimum Gasteiger partial charge on any atom is -0.358 e. The Morgan fingerprint density at radius 2 is 1.85 bits per heavy atom. The van der Waals surface area contributed by atoms with Gasteiger partial charge in [-0.25, -0.2) is 4.98 Å². The minimum atomic E-state index is 0.578. The van der Waals surface area contributed by atoms with Crippen LogP contribution in [0.5, 0.6) is 0 Å². The standard InChI is InChI=1S/C20H25ClN4S/c1-14-9-15(2)13-25(12-14)19-8-7-18(11-22-19)24-20(26)23-10-16-3-5-17(21)6-4-16/h3-8,11,14-15H,9-10,12-13H2,1-2H3,(H2,23,24,26)/t14-,15-/m1/s1. The van der Waals surface area contributed by atoms with Gasteiger partial charge in [-0.1, -0.05) is 37.6 Å². The van der Waals surface area contributed by atoms with E-state index in [9.17, 15) is 0 Å². The first kappa shape index (κ1) is 18.9. The molecule has 1 saturated heterocycles. The minimum absolute atomic E-state index is 0.578. The fourth-order valence-electron chi connectivity index (χ4n) is 3.46. The Kier molecular flexibility index (Phi) is 6.33. The number of hydrogen-bond acceptors (Lipinski definition) is 3. The van der Waals surface area contributed by atoms with Crippen LogP contribution in [0, 0.1) is 11.8 Å². The zero-order valence-corrected chi connectivity index (χ0v) is 16.8. The summed E-state index contributed by atoms with van der Waals surface area (Å²) in [6, 6.07) is 11.8. The SMILES string of the molecule is C[C@@H]1C[C@@H](C)CN(c2ccc(NC(=S)NCc3ccc(Cl)cc3)cn2)C1. The highest BCUT2D eigenvalue weighted by Crippen LogP contribution is 2.25. The van der Waals surface area contributed by atoms with Crippen molar-refractivity contribution in [3.8, 4) is 0 Å². The molecule has 1 aromatic heterocycles. The average molecular weight is 389 g/mol. The molecule has 138 valence electrons. The van der Waals surface area contributed by atoms with Crippen molar-refractivity contribution in [2.45, 2.75) is 26.8 Å². The quantitative estimate of drug-likeness (QED) is 0.742. The predicted octanol–water partition coefficient (Wildman–Crippen LogP) is 4.70. The topological polar surface area (TPSA) is 40.2 Å². The van der Waals surface area contributed by atoms with Crippen LogP contribution in [0.2, 0.25) is 5.02 Å². The van der Waals surface area contributed by atoms with E-state index >= 15 is 0 Å². The summed E-state index contributed by atoms with van der Waals surface area (Å²) in [6.45, 7) is 7.42. The smallest absolute Gasteiger partial charge is 0.171 e. The van der Waals surface area contributed by atoms with Gasteiger partial charge in [-0.2, -0.15) is 0 Å². The summed E-state index contributed by atoms with van der Waals surface area (Å²) in [6.07, 6.45) is 3.14. The molecule has 1 fully saturated rings. The predicted molar refractivity (Wildman–Crippen MR) is 114 cm³/mol.